The van der Waals surface area contributed by atoms with Gasteiger partial charge in [-0.25, -0.2) is 0 Å². The molecule has 5 N–H and O–H groups in total. The number of aryl methyl sites for hydroxylation is 2. The summed E-state index contributed by atoms with van der Waals surface area (Å²) >= 11 is 0. The fourth-order valence-corrected chi connectivity index (χ4v) is 8.57. The molecule has 0 saturated carbocycles. The minimum absolute atomic E-state index is 0.149. The summed E-state index contributed by atoms with van der Waals surface area (Å²) in [5.74, 6) is 0.924. The Hall–Kier alpha value is -4.36. The van der Waals surface area contributed by atoms with Crippen LogP contribution in [0.15, 0.2) is 101 Å². The van der Waals surface area contributed by atoms with Gasteiger partial charge < -0.3 is 24.5 Å². The molecule has 0 aromatic heterocycles. The lowest BCUT2D eigenvalue weighted by Crippen LogP contribution is -2.32. The molecule has 0 amide bonds. The molecule has 2 aliphatic rings. The molecule has 5 aromatic rings. The van der Waals surface area contributed by atoms with Crippen molar-refractivity contribution < 1.29 is 31.0 Å². The maximum Gasteiger partial charge on any atom is 0.294 e. The number of fused-ring (bicyclic) bond motifs is 6. The van der Waals surface area contributed by atoms with Crippen LogP contribution in [0.5, 0.6) is 11.5 Å². The number of hydrogen-bond donors (Lipinski definition) is 5. The summed E-state index contributed by atoms with van der Waals surface area (Å²) in [6, 6.07) is 27.3. The molecule has 7 rings (SSSR count). The zero-order chi connectivity index (χ0) is 32.6. The van der Waals surface area contributed by atoms with Crippen molar-refractivity contribution >= 4 is 43.7 Å². The van der Waals surface area contributed by atoms with E-state index in [1.54, 1.807) is 38.1 Å². The van der Waals surface area contributed by atoms with Crippen molar-refractivity contribution in [2.24, 2.45) is 0 Å². The van der Waals surface area contributed by atoms with Crippen LogP contribution in [0.25, 0.3) is 0 Å². The Balaban J connectivity index is 1.35. The third kappa shape index (κ3) is 4.83. The summed E-state index contributed by atoms with van der Waals surface area (Å²) in [4.78, 5) is 0.169. The van der Waals surface area contributed by atoms with E-state index >= 15 is 0 Å². The number of rotatable bonds is 5. The molecule has 0 saturated heterocycles. The molecule has 9 nitrogen and oxygen atoms in total. The molecular formula is C35H32N2O7S2. The summed E-state index contributed by atoms with van der Waals surface area (Å²) in [7, 11) is -7.98. The summed E-state index contributed by atoms with van der Waals surface area (Å²) in [6.45, 7) is 7.49. The predicted molar refractivity (Wildman–Crippen MR) is 180 cm³/mol. The molecule has 5 aromatic carbocycles. The Morgan fingerprint density at radius 1 is 0.696 bits per heavy atom. The van der Waals surface area contributed by atoms with Crippen LogP contribution >= 0.6 is 10.9 Å². The highest BCUT2D eigenvalue weighted by Crippen LogP contribution is 2.69. The van der Waals surface area contributed by atoms with Gasteiger partial charge in [0, 0.05) is 51.6 Å². The van der Waals surface area contributed by atoms with Crippen LogP contribution in [0.1, 0.15) is 38.9 Å². The minimum atomic E-state index is -4.37. The van der Waals surface area contributed by atoms with E-state index in [9.17, 15) is 22.1 Å². The van der Waals surface area contributed by atoms with Gasteiger partial charge in [0.15, 0.2) is 5.60 Å². The van der Waals surface area contributed by atoms with Gasteiger partial charge in [0.05, 0.1) is 9.79 Å². The number of ether oxygens (including phenoxy) is 1. The molecule has 0 aliphatic carbocycles. The zero-order valence-corrected chi connectivity index (χ0v) is 27.1. The second-order valence-corrected chi connectivity index (χ2v) is 14.7. The summed E-state index contributed by atoms with van der Waals surface area (Å²) in [5, 5.41) is 6.80. The molecule has 1 unspecified atom stereocenters. The first-order chi connectivity index (χ1) is 21.8. The van der Waals surface area contributed by atoms with E-state index in [-0.39, 0.29) is 4.90 Å². The number of hydrogen-bond acceptors (Lipinski definition) is 8. The van der Waals surface area contributed by atoms with Crippen LogP contribution in [0, 0.1) is 27.7 Å². The van der Waals surface area contributed by atoms with Gasteiger partial charge in [-0.2, -0.15) is 8.42 Å². The van der Waals surface area contributed by atoms with Gasteiger partial charge in [0.25, 0.3) is 10.1 Å². The van der Waals surface area contributed by atoms with E-state index in [1.807, 2.05) is 68.4 Å². The molecule has 236 valence electrons. The molecule has 0 radical (unpaired) electrons. The highest BCUT2D eigenvalue weighted by molar-refractivity contribution is 8.20. The van der Waals surface area contributed by atoms with Crippen LogP contribution in [0.4, 0.5) is 22.7 Å². The molecule has 2 aliphatic heterocycles. The quantitative estimate of drug-likeness (QED) is 0.117. The normalized spacial score (nSPS) is 18.2. The minimum Gasteiger partial charge on any atom is -0.456 e. The highest BCUT2D eigenvalue weighted by Gasteiger charge is 2.56. The van der Waals surface area contributed by atoms with Crippen molar-refractivity contribution in [3.63, 3.8) is 0 Å². The maximum atomic E-state index is 11.8. The van der Waals surface area contributed by atoms with Crippen molar-refractivity contribution in [3.05, 3.63) is 130 Å². The monoisotopic (exact) mass is 656 g/mol. The van der Waals surface area contributed by atoms with Crippen LogP contribution < -0.4 is 15.4 Å². The predicted octanol–water partition coefficient (Wildman–Crippen LogP) is 9.11. The highest BCUT2D eigenvalue weighted by atomic mass is 32.3. The summed E-state index contributed by atoms with van der Waals surface area (Å²) < 4.78 is 68.5. The van der Waals surface area contributed by atoms with Gasteiger partial charge >= 0.3 is 0 Å². The summed E-state index contributed by atoms with van der Waals surface area (Å²) in [6.07, 6.45) is 0. The van der Waals surface area contributed by atoms with Crippen LogP contribution in [0.2, 0.25) is 0 Å². The molecule has 0 bridgehead atoms. The zero-order valence-electron chi connectivity index (χ0n) is 25.5. The molecular weight excluding hydrogens is 625 g/mol. The van der Waals surface area contributed by atoms with Crippen molar-refractivity contribution in [1.29, 1.82) is 0 Å². The van der Waals surface area contributed by atoms with Gasteiger partial charge in [-0.05, 0) is 92.9 Å². The fourth-order valence-electron chi connectivity index (χ4n) is 6.32. The van der Waals surface area contributed by atoms with E-state index in [0.29, 0.717) is 55.6 Å². The SMILES string of the molecule is Cc1ccc(Nc2ccc3c(c2)Oc2cc(Nc4ccc(S(=O)(=O)O)c(C)c4C)ccc2C32OS(O)(O)c3ccccc32)c(C)c1. The Bertz CT molecular complexity index is 2180. The first kappa shape index (κ1) is 30.3. The lowest BCUT2D eigenvalue weighted by atomic mass is 9.78. The van der Waals surface area contributed by atoms with Crippen LogP contribution in [-0.2, 0) is 19.9 Å². The third-order valence-corrected chi connectivity index (χ3v) is 11.1. The van der Waals surface area contributed by atoms with Gasteiger partial charge in [-0.3, -0.25) is 8.74 Å². The largest absolute Gasteiger partial charge is 0.456 e. The second-order valence-electron chi connectivity index (χ2n) is 11.7. The summed E-state index contributed by atoms with van der Waals surface area (Å²) in [5.41, 5.74) is 6.83. The first-order valence-corrected chi connectivity index (χ1v) is 17.4. The average Bonchev–Trinajstić information content (AvgIpc) is 3.23. The average molecular weight is 657 g/mol. The molecule has 1 atom stereocenters. The maximum absolute atomic E-state index is 11.8. The van der Waals surface area contributed by atoms with Gasteiger partial charge in [0.1, 0.15) is 22.4 Å². The topological polar surface area (TPSA) is 137 Å². The Morgan fingerprint density at radius 2 is 1.30 bits per heavy atom. The molecule has 11 heteroatoms. The molecule has 1 spiro atoms. The van der Waals surface area contributed by atoms with E-state index < -0.39 is 26.6 Å². The van der Waals surface area contributed by atoms with E-state index in [4.69, 9.17) is 8.92 Å². The smallest absolute Gasteiger partial charge is 0.294 e. The number of nitrogens with one attached hydrogen (secondary N) is 2. The van der Waals surface area contributed by atoms with Gasteiger partial charge in [0.2, 0.25) is 0 Å². The number of benzene rings is 5. The van der Waals surface area contributed by atoms with Gasteiger partial charge in [-0.15, -0.1) is 0 Å². The molecule has 2 heterocycles. The van der Waals surface area contributed by atoms with Crippen molar-refractivity contribution in [2.75, 3.05) is 10.6 Å². The lowest BCUT2D eigenvalue weighted by molar-refractivity contribution is 0.142. The van der Waals surface area contributed by atoms with Crippen molar-refractivity contribution in [2.45, 2.75) is 43.1 Å². The molecule has 0 fully saturated rings. The third-order valence-electron chi connectivity index (χ3n) is 8.69. The van der Waals surface area contributed by atoms with E-state index in [1.165, 1.54) is 6.07 Å². The number of anilines is 4. The molecule has 46 heavy (non-hydrogen) atoms. The standard InChI is InChI=1S/C35H32N2O7S2/c1-20-9-14-29(21(2)17-20)36-24-10-12-26-31(18-24)43-32-19-25(37-30-15-16-33(45(38,39)40)23(4)22(30)3)11-13-27(32)35(26)28-7-5-6-8-34(28)46(41,42)44-35/h5-19,36-37,41-42H,1-4H3,(H,38,39,40). The Morgan fingerprint density at radius 3 is 1.93 bits per heavy atom. The van der Waals surface area contributed by atoms with Crippen molar-refractivity contribution in [3.8, 4) is 11.5 Å². The fraction of sp³-hybridized carbons (Fsp3) is 0.143. The van der Waals surface area contributed by atoms with E-state index in [0.717, 1.165) is 22.5 Å². The van der Waals surface area contributed by atoms with Gasteiger partial charge in [-0.1, -0.05) is 35.9 Å². The van der Waals surface area contributed by atoms with Crippen LogP contribution in [0.3, 0.4) is 0 Å². The first-order valence-electron chi connectivity index (χ1n) is 14.5. The van der Waals surface area contributed by atoms with E-state index in [2.05, 4.69) is 16.7 Å². The lowest BCUT2D eigenvalue weighted by Gasteiger charge is -2.38. The Kier molecular flexibility index (Phi) is 6.98. The van der Waals surface area contributed by atoms with Crippen molar-refractivity contribution in [1.82, 2.24) is 0 Å². The Labute approximate surface area is 269 Å². The van der Waals surface area contributed by atoms with Crippen LogP contribution in [-0.4, -0.2) is 22.1 Å². The second kappa shape index (κ2) is 10.6.